The molecular formula is C16H21P. The first kappa shape index (κ1) is 11.5. The van der Waals surface area contributed by atoms with E-state index >= 15 is 0 Å². The second-order valence-electron chi connectivity index (χ2n) is 5.59. The summed E-state index contributed by atoms with van der Waals surface area (Å²) in [4.78, 5) is 0. The van der Waals surface area contributed by atoms with Crippen LogP contribution in [0.5, 0.6) is 0 Å². The summed E-state index contributed by atoms with van der Waals surface area (Å²) in [5.74, 6) is 1.70. The van der Waals surface area contributed by atoms with Crippen LogP contribution in [-0.2, 0) is 0 Å². The molecule has 3 unspecified atom stereocenters. The van der Waals surface area contributed by atoms with Gasteiger partial charge in [0.25, 0.3) is 0 Å². The second-order valence-corrected chi connectivity index (χ2v) is 7.30. The molecule has 17 heavy (non-hydrogen) atoms. The van der Waals surface area contributed by atoms with Crippen LogP contribution >= 0.6 is 8.58 Å². The summed E-state index contributed by atoms with van der Waals surface area (Å²) in [6, 6.07) is 0. The Morgan fingerprint density at radius 1 is 1.29 bits per heavy atom. The van der Waals surface area contributed by atoms with Gasteiger partial charge >= 0.3 is 0 Å². The smallest absolute Gasteiger partial charge is 0.00119 e. The molecule has 90 valence electrons. The highest BCUT2D eigenvalue weighted by atomic mass is 31.1. The summed E-state index contributed by atoms with van der Waals surface area (Å²) in [6.45, 7) is 4.69. The SMILES string of the molecule is CC1=C(C2=CC=CCC2C)C=CC(C2CC2)P1. The van der Waals surface area contributed by atoms with Gasteiger partial charge < -0.3 is 0 Å². The van der Waals surface area contributed by atoms with Crippen molar-refractivity contribution in [3.05, 3.63) is 46.8 Å². The molecule has 3 aliphatic rings. The summed E-state index contributed by atoms with van der Waals surface area (Å²) in [6.07, 6.45) is 15.9. The van der Waals surface area contributed by atoms with Crippen molar-refractivity contribution >= 4 is 8.58 Å². The van der Waals surface area contributed by atoms with E-state index in [-0.39, 0.29) is 0 Å². The Labute approximate surface area is 106 Å². The van der Waals surface area contributed by atoms with Crippen LogP contribution in [0.4, 0.5) is 0 Å². The summed E-state index contributed by atoms with van der Waals surface area (Å²) >= 11 is 0. The molecular weight excluding hydrogens is 223 g/mol. The molecule has 3 rings (SSSR count). The standard InChI is InChI=1S/C16H21P/c1-11-5-3-4-6-14(11)15-9-10-16(13-7-8-13)17-12(15)2/h3-4,6,9-11,13,16-17H,5,7-8H2,1-2H3. The third-order valence-electron chi connectivity index (χ3n) is 4.13. The van der Waals surface area contributed by atoms with Crippen molar-refractivity contribution in [1.29, 1.82) is 0 Å². The number of allylic oxidation sites excluding steroid dienone is 8. The molecule has 0 radical (unpaired) electrons. The van der Waals surface area contributed by atoms with Crippen LogP contribution in [-0.4, -0.2) is 5.66 Å². The van der Waals surface area contributed by atoms with Gasteiger partial charge in [-0.2, -0.15) is 0 Å². The normalized spacial score (nSPS) is 34.4. The minimum atomic E-state index is 0.692. The van der Waals surface area contributed by atoms with Gasteiger partial charge in [-0.25, -0.2) is 0 Å². The van der Waals surface area contributed by atoms with Crippen molar-refractivity contribution in [2.45, 2.75) is 38.8 Å². The number of hydrogen-bond acceptors (Lipinski definition) is 0. The van der Waals surface area contributed by atoms with Gasteiger partial charge in [0.2, 0.25) is 0 Å². The molecule has 0 bridgehead atoms. The van der Waals surface area contributed by atoms with Crippen molar-refractivity contribution in [3.63, 3.8) is 0 Å². The van der Waals surface area contributed by atoms with Gasteiger partial charge in [0.05, 0.1) is 0 Å². The van der Waals surface area contributed by atoms with Crippen LogP contribution < -0.4 is 0 Å². The van der Waals surface area contributed by atoms with Crippen LogP contribution in [0.3, 0.4) is 0 Å². The fourth-order valence-electron chi connectivity index (χ4n) is 2.84. The van der Waals surface area contributed by atoms with Gasteiger partial charge in [0.1, 0.15) is 0 Å². The van der Waals surface area contributed by atoms with E-state index in [1.54, 1.807) is 10.9 Å². The molecule has 1 heteroatoms. The Hall–Kier alpha value is -0.610. The lowest BCUT2D eigenvalue weighted by atomic mass is 9.87. The fourth-order valence-corrected chi connectivity index (χ4v) is 4.49. The average Bonchev–Trinajstić information content (AvgIpc) is 3.14. The van der Waals surface area contributed by atoms with E-state index in [2.05, 4.69) is 44.2 Å². The topological polar surface area (TPSA) is 0 Å². The van der Waals surface area contributed by atoms with E-state index in [9.17, 15) is 0 Å². The van der Waals surface area contributed by atoms with E-state index in [0.29, 0.717) is 5.92 Å². The first-order chi connectivity index (χ1) is 8.25. The summed E-state index contributed by atoms with van der Waals surface area (Å²) in [5.41, 5.74) is 3.97. The Bertz CT molecular complexity index is 432. The molecule has 1 aliphatic heterocycles. The quantitative estimate of drug-likeness (QED) is 0.611. The van der Waals surface area contributed by atoms with Crippen molar-refractivity contribution < 1.29 is 0 Å². The minimum Gasteiger partial charge on any atom is -0.0871 e. The molecule has 0 nitrogen and oxygen atoms in total. The van der Waals surface area contributed by atoms with E-state index < -0.39 is 0 Å². The zero-order chi connectivity index (χ0) is 11.8. The Morgan fingerprint density at radius 2 is 2.12 bits per heavy atom. The van der Waals surface area contributed by atoms with Gasteiger partial charge in [0, 0.05) is 5.66 Å². The zero-order valence-electron chi connectivity index (χ0n) is 10.7. The predicted molar refractivity (Wildman–Crippen MR) is 77.7 cm³/mol. The van der Waals surface area contributed by atoms with Crippen LogP contribution in [0.2, 0.25) is 0 Å². The largest absolute Gasteiger partial charge is 0.0871 e. The Morgan fingerprint density at radius 3 is 2.76 bits per heavy atom. The molecule has 0 aromatic rings. The molecule has 0 aromatic carbocycles. The van der Waals surface area contributed by atoms with Gasteiger partial charge in [-0.05, 0) is 54.5 Å². The maximum atomic E-state index is 2.49. The van der Waals surface area contributed by atoms with Crippen LogP contribution in [0.1, 0.15) is 33.1 Å². The fraction of sp³-hybridized carbons (Fsp3) is 0.500. The third-order valence-corrected chi connectivity index (χ3v) is 5.83. The van der Waals surface area contributed by atoms with Gasteiger partial charge in [-0.1, -0.05) is 45.9 Å². The predicted octanol–water partition coefficient (Wildman–Crippen LogP) is 4.81. The van der Waals surface area contributed by atoms with Crippen molar-refractivity contribution in [2.75, 3.05) is 0 Å². The number of rotatable bonds is 2. The van der Waals surface area contributed by atoms with Crippen LogP contribution in [0.15, 0.2) is 46.8 Å². The highest BCUT2D eigenvalue weighted by Gasteiger charge is 2.31. The third kappa shape index (κ3) is 2.33. The van der Waals surface area contributed by atoms with Gasteiger partial charge in [0.15, 0.2) is 0 Å². The highest BCUT2D eigenvalue weighted by Crippen LogP contribution is 2.50. The lowest BCUT2D eigenvalue weighted by Gasteiger charge is -2.25. The van der Waals surface area contributed by atoms with E-state index in [0.717, 1.165) is 20.2 Å². The second kappa shape index (κ2) is 4.58. The lowest BCUT2D eigenvalue weighted by molar-refractivity contribution is 0.696. The Balaban J connectivity index is 1.83. The molecule has 1 heterocycles. The first-order valence-corrected chi connectivity index (χ1v) is 7.86. The minimum absolute atomic E-state index is 0.692. The summed E-state index contributed by atoms with van der Waals surface area (Å²) in [5, 5.41) is 1.64. The molecule has 2 aliphatic carbocycles. The number of hydrogen-bond donors (Lipinski definition) is 0. The summed E-state index contributed by atoms with van der Waals surface area (Å²) < 4.78 is 0. The van der Waals surface area contributed by atoms with E-state index in [4.69, 9.17) is 0 Å². The van der Waals surface area contributed by atoms with E-state index in [1.807, 2.05) is 0 Å². The van der Waals surface area contributed by atoms with Crippen molar-refractivity contribution in [3.8, 4) is 0 Å². The molecule has 1 saturated carbocycles. The highest BCUT2D eigenvalue weighted by molar-refractivity contribution is 7.44. The summed E-state index contributed by atoms with van der Waals surface area (Å²) in [7, 11) is 1.03. The maximum Gasteiger partial charge on any atom is 0.00119 e. The maximum absolute atomic E-state index is 2.49. The molecule has 1 fully saturated rings. The zero-order valence-corrected chi connectivity index (χ0v) is 11.7. The molecule has 0 N–H and O–H groups in total. The molecule has 3 atom stereocenters. The van der Waals surface area contributed by atoms with Crippen molar-refractivity contribution in [2.24, 2.45) is 11.8 Å². The van der Waals surface area contributed by atoms with Crippen LogP contribution in [0, 0.1) is 11.8 Å². The first-order valence-electron chi connectivity index (χ1n) is 6.78. The molecule has 0 aromatic heterocycles. The van der Waals surface area contributed by atoms with Gasteiger partial charge in [-0.15, -0.1) is 0 Å². The molecule has 0 saturated heterocycles. The Kier molecular flexibility index (Phi) is 3.09. The average molecular weight is 244 g/mol. The molecule has 0 amide bonds. The van der Waals surface area contributed by atoms with Crippen LogP contribution in [0.25, 0.3) is 0 Å². The lowest BCUT2D eigenvalue weighted by Crippen LogP contribution is -2.09. The van der Waals surface area contributed by atoms with Crippen molar-refractivity contribution in [1.82, 2.24) is 0 Å². The monoisotopic (exact) mass is 244 g/mol. The van der Waals surface area contributed by atoms with Gasteiger partial charge in [-0.3, -0.25) is 0 Å². The molecule has 0 spiro atoms. The van der Waals surface area contributed by atoms with E-state index in [1.165, 1.54) is 24.8 Å².